The van der Waals surface area contributed by atoms with E-state index in [2.05, 4.69) is 26.1 Å². The van der Waals surface area contributed by atoms with Gasteiger partial charge in [0.2, 0.25) is 9.84 Å². The van der Waals surface area contributed by atoms with Gasteiger partial charge in [0.1, 0.15) is 0 Å². The number of halogens is 2. The van der Waals surface area contributed by atoms with Gasteiger partial charge >= 0.3 is 5.76 Å². The molecule has 1 aliphatic heterocycles. The van der Waals surface area contributed by atoms with Gasteiger partial charge in [0.05, 0.1) is 56.0 Å². The van der Waals surface area contributed by atoms with Crippen molar-refractivity contribution in [3.63, 3.8) is 0 Å². The third-order valence-electron chi connectivity index (χ3n) is 4.71. The zero-order valence-corrected chi connectivity index (χ0v) is 21.4. The van der Waals surface area contributed by atoms with Crippen molar-refractivity contribution in [2.45, 2.75) is 35.4 Å². The van der Waals surface area contributed by atoms with Crippen LogP contribution >= 0.6 is 11.8 Å². The Morgan fingerprint density at radius 3 is 2.47 bits per heavy atom. The summed E-state index contributed by atoms with van der Waals surface area (Å²) in [6.07, 6.45) is 6.72. The molecule has 3 rings (SSSR count). The normalized spacial score (nSPS) is 14.7. The molecule has 1 aromatic carbocycles. The molecule has 0 saturated carbocycles. The topological polar surface area (TPSA) is 91.4 Å². The minimum atomic E-state index is -4.63. The Labute approximate surface area is 203 Å². The van der Waals surface area contributed by atoms with Crippen LogP contribution in [0.3, 0.4) is 0 Å². The van der Waals surface area contributed by atoms with Gasteiger partial charge in [-0.05, 0) is 23.2 Å². The number of sulfone groups is 1. The Kier molecular flexibility index (Phi) is 9.15. The predicted molar refractivity (Wildman–Crippen MR) is 127 cm³/mol. The van der Waals surface area contributed by atoms with E-state index >= 15 is 0 Å². The number of hydrogen-bond donors (Lipinski definition) is 1. The highest BCUT2D eigenvalue weighted by atomic mass is 32.2. The number of carbonyl (C=O) groups is 1. The van der Waals surface area contributed by atoms with Crippen molar-refractivity contribution in [2.24, 2.45) is 0 Å². The summed E-state index contributed by atoms with van der Waals surface area (Å²) in [7, 11) is 3.64. The summed E-state index contributed by atoms with van der Waals surface area (Å²) in [5.41, 5.74) is 1.35. The van der Waals surface area contributed by atoms with Crippen LogP contribution in [-0.4, -0.2) is 69.5 Å². The molecule has 0 atom stereocenters. The van der Waals surface area contributed by atoms with E-state index in [1.165, 1.54) is 23.9 Å². The summed E-state index contributed by atoms with van der Waals surface area (Å²) in [6, 6.07) is 6.00. The monoisotopic (exact) mass is 516 g/mol. The molecule has 0 radical (unpaired) electrons. The van der Waals surface area contributed by atoms with Gasteiger partial charge in [-0.1, -0.05) is 11.8 Å². The summed E-state index contributed by atoms with van der Waals surface area (Å²) in [5.74, 6) is -4.27. The lowest BCUT2D eigenvalue weighted by molar-refractivity contribution is -0.873. The van der Waals surface area contributed by atoms with Crippen LogP contribution in [0, 0.1) is 0 Å². The third-order valence-corrected chi connectivity index (χ3v) is 7.25. The second kappa shape index (κ2) is 11.2. The summed E-state index contributed by atoms with van der Waals surface area (Å²) >= 11 is 1.44. The van der Waals surface area contributed by atoms with E-state index in [-0.39, 0.29) is 4.90 Å². The van der Waals surface area contributed by atoms with Crippen molar-refractivity contribution in [3.05, 3.63) is 47.5 Å². The second-order valence-electron chi connectivity index (χ2n) is 8.69. The number of alkyl halides is 2. The number of hydrogen-bond acceptors (Lipinski definition) is 6. The lowest BCUT2D eigenvalue weighted by atomic mass is 10.3. The fourth-order valence-corrected chi connectivity index (χ4v) is 4.83. The quantitative estimate of drug-likeness (QED) is 0.447. The molecule has 0 unspecified atom stereocenters. The number of rotatable bonds is 7. The first-order valence-electron chi connectivity index (χ1n) is 10.3. The predicted octanol–water partition coefficient (Wildman–Crippen LogP) is 3.09. The average Bonchev–Trinajstić information content (AvgIpc) is 3.03. The van der Waals surface area contributed by atoms with Gasteiger partial charge in [-0.2, -0.15) is 8.78 Å². The molecule has 0 saturated heterocycles. The molecule has 8 nitrogen and oxygen atoms in total. The average molecular weight is 517 g/mol. The standard InChI is InChI=1S/C20H26F2N4O2S2.C2H4O2/c1-24-17-13-16(30(27,28)20(21)22)6-7-18(17)29-19(24)12-15-8-10-25(14-23-15)9-5-11-26(2,3)4;1-2(3)4/h6-8,10,12-14,20H,5,9,11H2,1-4H3;1H3,(H,3,4)/q+2;. The van der Waals surface area contributed by atoms with E-state index in [0.717, 1.165) is 46.5 Å². The summed E-state index contributed by atoms with van der Waals surface area (Å²) < 4.78 is 52.2. The number of nitrogens with zero attached hydrogens (tertiary/aromatic N) is 4. The first-order chi connectivity index (χ1) is 15.7. The number of benzene rings is 1. The van der Waals surface area contributed by atoms with Crippen LogP contribution in [0.15, 0.2) is 51.6 Å². The minimum Gasteiger partial charge on any atom is -0.481 e. The molecule has 186 valence electrons. The molecule has 2 heterocycles. The van der Waals surface area contributed by atoms with E-state index in [1.807, 2.05) is 22.9 Å². The lowest BCUT2D eigenvalue weighted by Crippen LogP contribution is -2.40. The number of anilines is 1. The van der Waals surface area contributed by atoms with Crippen molar-refractivity contribution < 1.29 is 36.1 Å². The number of fused-ring (bicyclic) bond motifs is 1. The van der Waals surface area contributed by atoms with E-state index < -0.39 is 21.6 Å². The minimum absolute atomic E-state index is 0.377. The van der Waals surface area contributed by atoms with Crippen LogP contribution in [-0.2, 0) is 21.2 Å². The van der Waals surface area contributed by atoms with Gasteiger partial charge in [0.25, 0.3) is 12.3 Å². The van der Waals surface area contributed by atoms with Crippen LogP contribution in [0.25, 0.3) is 6.08 Å². The van der Waals surface area contributed by atoms with Crippen LogP contribution in [0.4, 0.5) is 14.5 Å². The maximum absolute atomic E-state index is 12.9. The smallest absolute Gasteiger partial charge is 0.341 e. The number of carboxylic acid groups (broad SMARTS) is 1. The van der Waals surface area contributed by atoms with Gasteiger partial charge in [0, 0.05) is 37.4 Å². The molecular formula is C22H30F2N4O4S2+2. The molecule has 0 fully saturated rings. The van der Waals surface area contributed by atoms with Crippen LogP contribution in [0.5, 0.6) is 0 Å². The maximum atomic E-state index is 12.9. The van der Waals surface area contributed by atoms with E-state index in [1.54, 1.807) is 24.3 Å². The van der Waals surface area contributed by atoms with Gasteiger partial charge in [-0.25, -0.2) is 13.0 Å². The van der Waals surface area contributed by atoms with Crippen LogP contribution < -0.4 is 9.47 Å². The number of aromatic nitrogens is 2. The van der Waals surface area contributed by atoms with E-state index in [9.17, 15) is 17.2 Å². The first kappa shape index (κ1) is 27.7. The van der Waals surface area contributed by atoms with Crippen molar-refractivity contribution in [1.29, 1.82) is 0 Å². The molecule has 12 heteroatoms. The lowest BCUT2D eigenvalue weighted by Gasteiger charge is -2.23. The Morgan fingerprint density at radius 2 is 1.94 bits per heavy atom. The maximum Gasteiger partial charge on any atom is 0.341 e. The zero-order chi connectivity index (χ0) is 25.7. The molecule has 1 aromatic heterocycles. The number of quaternary nitrogens is 1. The Balaban J connectivity index is 0.000000945. The van der Waals surface area contributed by atoms with E-state index in [0.29, 0.717) is 5.69 Å². The van der Waals surface area contributed by atoms with Gasteiger partial charge < -0.3 is 14.5 Å². The van der Waals surface area contributed by atoms with Crippen molar-refractivity contribution in [1.82, 2.24) is 4.98 Å². The van der Waals surface area contributed by atoms with Crippen molar-refractivity contribution in [2.75, 3.05) is 39.6 Å². The van der Waals surface area contributed by atoms with Crippen molar-refractivity contribution in [3.8, 4) is 0 Å². The zero-order valence-electron chi connectivity index (χ0n) is 19.8. The molecule has 0 aliphatic carbocycles. The molecule has 0 bridgehead atoms. The fraction of sp³-hybridized carbons (Fsp3) is 0.409. The number of thioether (sulfide) groups is 1. The number of aryl methyl sites for hydroxylation is 1. The number of carboxylic acids is 1. The molecule has 1 aliphatic rings. The molecule has 1 N–H and O–H groups in total. The Hall–Kier alpha value is -2.57. The van der Waals surface area contributed by atoms with Gasteiger partial charge in [0.15, 0.2) is 5.69 Å². The van der Waals surface area contributed by atoms with Crippen LogP contribution in [0.2, 0.25) is 0 Å². The van der Waals surface area contributed by atoms with E-state index in [4.69, 9.17) is 9.90 Å². The highest BCUT2D eigenvalue weighted by Crippen LogP contribution is 2.46. The Bertz CT molecular complexity index is 1140. The highest BCUT2D eigenvalue weighted by molar-refractivity contribution is 8.03. The molecule has 34 heavy (non-hydrogen) atoms. The highest BCUT2D eigenvalue weighted by Gasteiger charge is 2.30. The SMILES string of the molecule is CC(=O)O.CN1C(=Cc2cc[n+](CCC[N+](C)(C)C)cn2)Sc2ccc(S(=O)(=O)C(F)F)cc21. The molecule has 0 amide bonds. The molecular weight excluding hydrogens is 486 g/mol. The third kappa shape index (κ3) is 7.74. The first-order valence-corrected chi connectivity index (χ1v) is 12.7. The summed E-state index contributed by atoms with van der Waals surface area (Å²) in [4.78, 5) is 15.7. The summed E-state index contributed by atoms with van der Waals surface area (Å²) in [6.45, 7) is 3.04. The van der Waals surface area contributed by atoms with Gasteiger partial charge in [-0.15, -0.1) is 0 Å². The number of aliphatic carboxylic acids is 1. The fourth-order valence-electron chi connectivity index (χ4n) is 3.02. The second-order valence-corrected chi connectivity index (χ2v) is 11.7. The van der Waals surface area contributed by atoms with Crippen LogP contribution in [0.1, 0.15) is 19.0 Å². The molecule has 0 spiro atoms. The molecule has 2 aromatic rings. The Morgan fingerprint density at radius 1 is 1.29 bits per heavy atom. The van der Waals surface area contributed by atoms with Crippen molar-refractivity contribution >= 4 is 39.3 Å². The largest absolute Gasteiger partial charge is 0.481 e. The van der Waals surface area contributed by atoms with Gasteiger partial charge in [-0.3, -0.25) is 4.79 Å². The summed E-state index contributed by atoms with van der Waals surface area (Å²) in [5, 5.41) is 8.26.